The molecule has 3 aromatic carbocycles. The molecule has 3 heterocycles. The highest BCUT2D eigenvalue weighted by atomic mass is 16.6. The summed E-state index contributed by atoms with van der Waals surface area (Å²) in [4.78, 5) is 30.7. The molecule has 0 spiro atoms. The number of esters is 1. The first-order valence-electron chi connectivity index (χ1n) is 15.0. The Morgan fingerprint density at radius 1 is 0.804 bits per heavy atom. The molecule has 0 aliphatic rings. The number of nitrogens with zero attached hydrogens (tertiary/aromatic N) is 5. The van der Waals surface area contributed by atoms with E-state index >= 15 is 0 Å². The van der Waals surface area contributed by atoms with Gasteiger partial charge in [-0.25, -0.2) is 4.79 Å². The number of imidazole rings is 1. The maximum Gasteiger partial charge on any atom is 0.333 e. The molecule has 0 bridgehead atoms. The van der Waals surface area contributed by atoms with Crippen LogP contribution in [-0.4, -0.2) is 35.5 Å². The van der Waals surface area contributed by atoms with Gasteiger partial charge in [0.15, 0.2) is 0 Å². The normalized spacial score (nSPS) is 11.5. The lowest BCUT2D eigenvalue weighted by Crippen LogP contribution is -2.26. The van der Waals surface area contributed by atoms with Crippen molar-refractivity contribution in [2.75, 3.05) is 0 Å². The molecule has 0 aliphatic carbocycles. The van der Waals surface area contributed by atoms with Gasteiger partial charge in [0.2, 0.25) is 11.8 Å². The number of carbonyl (C=O) groups excluding carboxylic acids is 1. The molecule has 10 nitrogen and oxygen atoms in total. The third-order valence-electron chi connectivity index (χ3n) is 7.21. The van der Waals surface area contributed by atoms with Gasteiger partial charge in [0.05, 0.1) is 16.7 Å². The number of hydrogen-bond acceptors (Lipinski definition) is 7. The highest BCUT2D eigenvalue weighted by Gasteiger charge is 2.20. The van der Waals surface area contributed by atoms with Crippen LogP contribution in [0.5, 0.6) is 11.8 Å². The Morgan fingerprint density at radius 2 is 1.48 bits per heavy atom. The van der Waals surface area contributed by atoms with Crippen LogP contribution in [-0.2, 0) is 36.3 Å². The van der Waals surface area contributed by atoms with Crippen LogP contribution >= 0.6 is 0 Å². The molecule has 0 radical (unpaired) electrons. The average Bonchev–Trinajstić information content (AvgIpc) is 3.60. The van der Waals surface area contributed by atoms with Crippen LogP contribution in [0.15, 0.2) is 108 Å². The van der Waals surface area contributed by atoms with Crippen molar-refractivity contribution in [1.82, 2.24) is 23.9 Å². The summed E-state index contributed by atoms with van der Waals surface area (Å²) in [7, 11) is 1.72. The number of aromatic nitrogens is 5. The molecular formula is C36H35N5O5. The second-order valence-electron chi connectivity index (χ2n) is 11.9. The van der Waals surface area contributed by atoms with E-state index in [2.05, 4.69) is 10.1 Å². The minimum atomic E-state index is -0.576. The average molecular weight is 618 g/mol. The van der Waals surface area contributed by atoms with E-state index in [0.29, 0.717) is 34.9 Å². The summed E-state index contributed by atoms with van der Waals surface area (Å²) in [6.45, 7) is 6.08. The van der Waals surface area contributed by atoms with Gasteiger partial charge in [-0.2, -0.15) is 10.1 Å². The van der Waals surface area contributed by atoms with E-state index in [1.54, 1.807) is 39.2 Å². The third-order valence-corrected chi connectivity index (χ3v) is 7.21. The molecule has 10 heteroatoms. The maximum atomic E-state index is 13.7. The Labute approximate surface area is 266 Å². The third kappa shape index (κ3) is 6.86. The number of carbonyl (C=O) groups is 1. The molecule has 3 aromatic heterocycles. The quantitative estimate of drug-likeness (QED) is 0.172. The number of benzene rings is 3. The molecule has 0 amide bonds. The fourth-order valence-electron chi connectivity index (χ4n) is 5.07. The van der Waals surface area contributed by atoms with Crippen LogP contribution < -0.4 is 15.2 Å². The van der Waals surface area contributed by atoms with E-state index in [0.717, 1.165) is 16.7 Å². The lowest BCUT2D eigenvalue weighted by molar-refractivity contribution is -0.155. The number of rotatable bonds is 10. The van der Waals surface area contributed by atoms with Crippen molar-refractivity contribution < 1.29 is 19.0 Å². The number of ether oxygens (including phenoxy) is 3. The molecule has 0 fully saturated rings. The highest BCUT2D eigenvalue weighted by Crippen LogP contribution is 2.30. The number of aryl methyl sites for hydroxylation is 1. The second kappa shape index (κ2) is 12.8. The van der Waals surface area contributed by atoms with Gasteiger partial charge >= 0.3 is 11.7 Å². The fraction of sp³-hybridized carbons (Fsp3) is 0.222. The van der Waals surface area contributed by atoms with Crippen molar-refractivity contribution >= 4 is 17.0 Å². The minimum Gasteiger partial charge on any atom is -0.473 e. The van der Waals surface area contributed by atoms with E-state index in [1.807, 2.05) is 106 Å². The van der Waals surface area contributed by atoms with E-state index < -0.39 is 5.60 Å². The zero-order chi connectivity index (χ0) is 32.3. The van der Waals surface area contributed by atoms with Crippen molar-refractivity contribution in [2.24, 2.45) is 7.05 Å². The Hall–Kier alpha value is -5.64. The van der Waals surface area contributed by atoms with Gasteiger partial charge in [-0.3, -0.25) is 18.6 Å². The number of fused-ring (bicyclic) bond motifs is 1. The zero-order valence-electron chi connectivity index (χ0n) is 26.2. The molecular weight excluding hydrogens is 582 g/mol. The summed E-state index contributed by atoms with van der Waals surface area (Å²) in [5.74, 6) is 0.287. The van der Waals surface area contributed by atoms with Crippen molar-refractivity contribution in [3.05, 3.63) is 125 Å². The summed E-state index contributed by atoms with van der Waals surface area (Å²) in [6, 6.07) is 30.6. The summed E-state index contributed by atoms with van der Waals surface area (Å²) in [5, 5.41) is 4.57. The topological polar surface area (TPSA) is 102 Å². The van der Waals surface area contributed by atoms with Crippen LogP contribution in [0.25, 0.3) is 28.0 Å². The van der Waals surface area contributed by atoms with E-state index in [-0.39, 0.29) is 30.7 Å². The minimum absolute atomic E-state index is 0.00179. The van der Waals surface area contributed by atoms with Crippen molar-refractivity contribution in [3.8, 4) is 28.7 Å². The van der Waals surface area contributed by atoms with Crippen molar-refractivity contribution in [3.63, 3.8) is 0 Å². The first kappa shape index (κ1) is 30.4. The number of pyridine rings is 1. The maximum absolute atomic E-state index is 13.7. The molecule has 46 heavy (non-hydrogen) atoms. The highest BCUT2D eigenvalue weighted by molar-refractivity contribution is 5.83. The molecule has 0 atom stereocenters. The van der Waals surface area contributed by atoms with Crippen molar-refractivity contribution in [1.29, 1.82) is 0 Å². The Balaban J connectivity index is 1.33. The van der Waals surface area contributed by atoms with Crippen LogP contribution in [0.4, 0.5) is 0 Å². The monoisotopic (exact) mass is 617 g/mol. The predicted molar refractivity (Wildman–Crippen MR) is 175 cm³/mol. The molecule has 0 N–H and O–H groups in total. The van der Waals surface area contributed by atoms with Crippen LogP contribution in [0.1, 0.15) is 31.9 Å². The Bertz CT molecular complexity index is 2040. The first-order valence-corrected chi connectivity index (χ1v) is 15.0. The lowest BCUT2D eigenvalue weighted by Gasteiger charge is -2.19. The fourth-order valence-corrected chi connectivity index (χ4v) is 5.07. The van der Waals surface area contributed by atoms with Gasteiger partial charge in [-0.05, 0) is 56.2 Å². The largest absolute Gasteiger partial charge is 0.473 e. The molecule has 0 saturated heterocycles. The standard InChI is InChI=1S/C36H35N5O5/c1-36(2,3)46-33(42)22-40-20-19-28(38-40)27-15-16-29-31(21-27)39(4)35(43)41(29)30-17-18-32(44-23-25-11-7-5-8-12-25)37-34(30)45-24-26-13-9-6-10-14-26/h5-21H,22-24H2,1-4H3. The zero-order valence-corrected chi connectivity index (χ0v) is 26.2. The van der Waals surface area contributed by atoms with Crippen LogP contribution in [0.3, 0.4) is 0 Å². The number of hydrogen-bond donors (Lipinski definition) is 0. The molecule has 6 aromatic rings. The molecule has 0 saturated carbocycles. The second-order valence-corrected chi connectivity index (χ2v) is 11.9. The van der Waals surface area contributed by atoms with Gasteiger partial charge in [0.25, 0.3) is 0 Å². The van der Waals surface area contributed by atoms with E-state index in [1.165, 1.54) is 0 Å². The van der Waals surface area contributed by atoms with Crippen molar-refractivity contribution in [2.45, 2.75) is 46.1 Å². The SMILES string of the molecule is Cn1c(=O)n(-c2ccc(OCc3ccccc3)nc2OCc2ccccc2)c2ccc(-c3ccn(CC(=O)OC(C)(C)C)n3)cc21. The van der Waals surface area contributed by atoms with Gasteiger partial charge in [-0.15, -0.1) is 0 Å². The van der Waals surface area contributed by atoms with Gasteiger partial charge in [0, 0.05) is 24.9 Å². The van der Waals surface area contributed by atoms with Crippen LogP contribution in [0, 0.1) is 0 Å². The van der Waals surface area contributed by atoms with Gasteiger partial charge in [0.1, 0.15) is 31.0 Å². The molecule has 0 unspecified atom stereocenters. The van der Waals surface area contributed by atoms with Gasteiger partial charge in [-0.1, -0.05) is 66.7 Å². The Kier molecular flexibility index (Phi) is 8.43. The molecule has 234 valence electrons. The first-order chi connectivity index (χ1) is 22.1. The molecule has 0 aliphatic heterocycles. The van der Waals surface area contributed by atoms with E-state index in [4.69, 9.17) is 14.2 Å². The van der Waals surface area contributed by atoms with Gasteiger partial charge < -0.3 is 14.2 Å². The lowest BCUT2D eigenvalue weighted by atomic mass is 10.1. The summed E-state index contributed by atoms with van der Waals surface area (Å²) >= 11 is 0. The van der Waals surface area contributed by atoms with Crippen LogP contribution in [0.2, 0.25) is 0 Å². The Morgan fingerprint density at radius 3 is 2.15 bits per heavy atom. The summed E-state index contributed by atoms with van der Waals surface area (Å²) in [6.07, 6.45) is 1.73. The smallest absolute Gasteiger partial charge is 0.333 e. The summed E-state index contributed by atoms with van der Waals surface area (Å²) in [5.41, 5.74) is 4.47. The van der Waals surface area contributed by atoms with E-state index in [9.17, 15) is 9.59 Å². The summed E-state index contributed by atoms with van der Waals surface area (Å²) < 4.78 is 22.4. The molecule has 6 rings (SSSR count). The predicted octanol–water partition coefficient (Wildman–Crippen LogP) is 6.09.